The SMILES string of the molecule is CNC(=O)COc1cc(Cl)ccc1C(=O)O. The van der Waals surface area contributed by atoms with E-state index in [1.165, 1.54) is 25.2 Å². The Kier molecular flexibility index (Phi) is 4.13. The molecule has 0 saturated carbocycles. The summed E-state index contributed by atoms with van der Waals surface area (Å²) in [5.41, 5.74) is -0.0340. The number of ether oxygens (including phenoxy) is 1. The van der Waals surface area contributed by atoms with Gasteiger partial charge in [-0.05, 0) is 18.2 Å². The number of halogens is 1. The van der Waals surface area contributed by atoms with Crippen LogP contribution in [0.1, 0.15) is 10.4 Å². The van der Waals surface area contributed by atoms with Crippen molar-refractivity contribution in [1.29, 1.82) is 0 Å². The molecular weight excluding hydrogens is 234 g/mol. The Hall–Kier alpha value is -1.75. The Morgan fingerprint density at radius 2 is 2.19 bits per heavy atom. The summed E-state index contributed by atoms with van der Waals surface area (Å²) >= 11 is 5.70. The predicted octanol–water partition coefficient (Wildman–Crippen LogP) is 1.16. The highest BCUT2D eigenvalue weighted by Crippen LogP contribution is 2.23. The lowest BCUT2D eigenvalue weighted by Crippen LogP contribution is -2.25. The molecule has 1 aromatic rings. The van der Waals surface area contributed by atoms with Crippen LogP contribution >= 0.6 is 11.6 Å². The van der Waals surface area contributed by atoms with Crippen molar-refractivity contribution in [3.05, 3.63) is 28.8 Å². The Morgan fingerprint density at radius 3 is 2.75 bits per heavy atom. The zero-order chi connectivity index (χ0) is 12.1. The van der Waals surface area contributed by atoms with Gasteiger partial charge in [0.2, 0.25) is 0 Å². The van der Waals surface area contributed by atoms with Crippen LogP contribution in [0.3, 0.4) is 0 Å². The summed E-state index contributed by atoms with van der Waals surface area (Å²) in [5, 5.41) is 11.6. The zero-order valence-corrected chi connectivity index (χ0v) is 9.25. The monoisotopic (exact) mass is 243 g/mol. The number of carboxylic acid groups (broad SMARTS) is 1. The molecule has 0 saturated heterocycles. The van der Waals surface area contributed by atoms with E-state index in [1.54, 1.807) is 0 Å². The van der Waals surface area contributed by atoms with Crippen LogP contribution in [-0.2, 0) is 4.79 Å². The summed E-state index contributed by atoms with van der Waals surface area (Å²) in [6.07, 6.45) is 0. The highest BCUT2D eigenvalue weighted by atomic mass is 35.5. The van der Waals surface area contributed by atoms with E-state index in [2.05, 4.69) is 5.32 Å². The molecule has 0 atom stereocenters. The molecule has 5 nitrogen and oxygen atoms in total. The number of carbonyl (C=O) groups excluding carboxylic acids is 1. The lowest BCUT2D eigenvalue weighted by molar-refractivity contribution is -0.122. The van der Waals surface area contributed by atoms with Gasteiger partial charge < -0.3 is 15.2 Å². The van der Waals surface area contributed by atoms with Crippen LogP contribution in [0.15, 0.2) is 18.2 Å². The van der Waals surface area contributed by atoms with Gasteiger partial charge in [-0.1, -0.05) is 11.6 Å². The largest absolute Gasteiger partial charge is 0.483 e. The zero-order valence-electron chi connectivity index (χ0n) is 8.49. The van der Waals surface area contributed by atoms with E-state index in [9.17, 15) is 9.59 Å². The van der Waals surface area contributed by atoms with E-state index in [4.69, 9.17) is 21.4 Å². The number of likely N-dealkylation sites (N-methyl/N-ethyl adjacent to an activating group) is 1. The molecule has 0 aliphatic carbocycles. The molecule has 2 N–H and O–H groups in total. The van der Waals surface area contributed by atoms with Crippen molar-refractivity contribution < 1.29 is 19.4 Å². The second kappa shape index (κ2) is 5.37. The number of aromatic carboxylic acids is 1. The fourth-order valence-electron chi connectivity index (χ4n) is 1.01. The fourth-order valence-corrected chi connectivity index (χ4v) is 1.17. The Balaban J connectivity index is 2.88. The van der Waals surface area contributed by atoms with Gasteiger partial charge in [0.1, 0.15) is 11.3 Å². The fraction of sp³-hybridized carbons (Fsp3) is 0.200. The average Bonchev–Trinajstić information content (AvgIpc) is 2.25. The topological polar surface area (TPSA) is 75.6 Å². The van der Waals surface area contributed by atoms with Crippen molar-refractivity contribution in [3.8, 4) is 5.75 Å². The minimum absolute atomic E-state index is 0.0340. The molecule has 1 rings (SSSR count). The molecule has 1 amide bonds. The van der Waals surface area contributed by atoms with Crippen LogP contribution in [0, 0.1) is 0 Å². The summed E-state index contributed by atoms with van der Waals surface area (Å²) in [5.74, 6) is -1.41. The Morgan fingerprint density at radius 1 is 1.50 bits per heavy atom. The van der Waals surface area contributed by atoms with Crippen LogP contribution < -0.4 is 10.1 Å². The van der Waals surface area contributed by atoms with E-state index in [0.29, 0.717) is 5.02 Å². The van der Waals surface area contributed by atoms with E-state index < -0.39 is 5.97 Å². The second-order valence-corrected chi connectivity index (χ2v) is 3.34. The first kappa shape index (κ1) is 12.3. The smallest absolute Gasteiger partial charge is 0.339 e. The van der Waals surface area contributed by atoms with E-state index in [1.807, 2.05) is 0 Å². The van der Waals surface area contributed by atoms with E-state index in [0.717, 1.165) is 0 Å². The van der Waals surface area contributed by atoms with Gasteiger partial charge in [0.15, 0.2) is 6.61 Å². The lowest BCUT2D eigenvalue weighted by Gasteiger charge is -2.08. The highest BCUT2D eigenvalue weighted by Gasteiger charge is 2.12. The maximum Gasteiger partial charge on any atom is 0.339 e. The predicted molar refractivity (Wildman–Crippen MR) is 58.0 cm³/mol. The third kappa shape index (κ3) is 3.13. The van der Waals surface area contributed by atoms with Crippen molar-refractivity contribution in [3.63, 3.8) is 0 Å². The van der Waals surface area contributed by atoms with E-state index >= 15 is 0 Å². The maximum atomic E-state index is 10.9. The molecule has 0 radical (unpaired) electrons. The van der Waals surface area contributed by atoms with Crippen molar-refractivity contribution >= 4 is 23.5 Å². The molecule has 16 heavy (non-hydrogen) atoms. The highest BCUT2D eigenvalue weighted by molar-refractivity contribution is 6.30. The molecule has 86 valence electrons. The maximum absolute atomic E-state index is 10.9. The number of nitrogens with one attached hydrogen (secondary N) is 1. The summed E-state index contributed by atoms with van der Waals surface area (Å²) in [6, 6.07) is 4.12. The number of hydrogen-bond acceptors (Lipinski definition) is 3. The van der Waals surface area contributed by atoms with Gasteiger partial charge in [0, 0.05) is 12.1 Å². The van der Waals surface area contributed by atoms with Crippen LogP contribution in [0.2, 0.25) is 5.02 Å². The first-order valence-corrected chi connectivity index (χ1v) is 4.78. The quantitative estimate of drug-likeness (QED) is 0.832. The van der Waals surface area contributed by atoms with Crippen LogP contribution in [0.25, 0.3) is 0 Å². The van der Waals surface area contributed by atoms with Gasteiger partial charge in [0.05, 0.1) is 0 Å². The molecule has 0 aliphatic heterocycles. The number of amides is 1. The Bertz CT molecular complexity index is 419. The molecular formula is C10H10ClNO4. The van der Waals surface area contributed by atoms with Gasteiger partial charge in [-0.3, -0.25) is 4.79 Å². The van der Waals surface area contributed by atoms with Gasteiger partial charge >= 0.3 is 5.97 Å². The number of rotatable bonds is 4. The average molecular weight is 244 g/mol. The minimum atomic E-state index is -1.14. The molecule has 1 aromatic carbocycles. The number of carbonyl (C=O) groups is 2. The molecule has 0 spiro atoms. The number of carboxylic acids is 1. The molecule has 6 heteroatoms. The molecule has 0 fully saturated rings. The summed E-state index contributed by atoms with van der Waals surface area (Å²) in [7, 11) is 1.46. The third-order valence-corrected chi connectivity index (χ3v) is 2.05. The van der Waals surface area contributed by atoms with Crippen molar-refractivity contribution in [1.82, 2.24) is 5.32 Å². The molecule has 0 heterocycles. The van der Waals surface area contributed by atoms with E-state index in [-0.39, 0.29) is 23.8 Å². The first-order valence-electron chi connectivity index (χ1n) is 4.41. The van der Waals surface area contributed by atoms with Crippen LogP contribution in [0.5, 0.6) is 5.75 Å². The van der Waals surface area contributed by atoms with Crippen LogP contribution in [-0.4, -0.2) is 30.6 Å². The minimum Gasteiger partial charge on any atom is -0.483 e. The summed E-state index contributed by atoms with van der Waals surface area (Å²) in [6.45, 7) is -0.253. The number of hydrogen-bond donors (Lipinski definition) is 2. The Labute approximate surface area is 97.0 Å². The normalized spacial score (nSPS) is 9.62. The lowest BCUT2D eigenvalue weighted by atomic mass is 10.2. The molecule has 0 bridgehead atoms. The molecule has 0 unspecified atom stereocenters. The van der Waals surface area contributed by atoms with Gasteiger partial charge in [-0.15, -0.1) is 0 Å². The van der Waals surface area contributed by atoms with Crippen molar-refractivity contribution in [2.24, 2.45) is 0 Å². The van der Waals surface area contributed by atoms with Crippen LogP contribution in [0.4, 0.5) is 0 Å². The molecule has 0 aromatic heterocycles. The van der Waals surface area contributed by atoms with Gasteiger partial charge in [0.25, 0.3) is 5.91 Å². The second-order valence-electron chi connectivity index (χ2n) is 2.91. The third-order valence-electron chi connectivity index (χ3n) is 1.81. The number of benzene rings is 1. The van der Waals surface area contributed by atoms with Crippen molar-refractivity contribution in [2.45, 2.75) is 0 Å². The van der Waals surface area contributed by atoms with Gasteiger partial charge in [-0.2, -0.15) is 0 Å². The van der Waals surface area contributed by atoms with Gasteiger partial charge in [-0.25, -0.2) is 4.79 Å². The first-order chi connectivity index (χ1) is 7.54. The summed E-state index contributed by atoms with van der Waals surface area (Å²) in [4.78, 5) is 21.8. The summed E-state index contributed by atoms with van der Waals surface area (Å²) < 4.78 is 5.05. The molecule has 0 aliphatic rings. The standard InChI is InChI=1S/C10H10ClNO4/c1-12-9(13)5-16-8-4-6(11)2-3-7(8)10(14)15/h2-4H,5H2,1H3,(H,12,13)(H,14,15). The van der Waals surface area contributed by atoms with Crippen molar-refractivity contribution in [2.75, 3.05) is 13.7 Å².